The minimum atomic E-state index is -1.40. The fraction of sp³-hybridized carbons (Fsp3) is 0.409. The highest BCUT2D eigenvalue weighted by atomic mass is 32.1. The van der Waals surface area contributed by atoms with Crippen LogP contribution in [0.1, 0.15) is 40.9 Å². The number of rotatable bonds is 9. The summed E-state index contributed by atoms with van der Waals surface area (Å²) in [5, 5.41) is 31.6. The molecule has 1 aromatic heterocycles. The first-order chi connectivity index (χ1) is 17.3. The van der Waals surface area contributed by atoms with E-state index in [0.29, 0.717) is 5.56 Å². The van der Waals surface area contributed by atoms with Crippen molar-refractivity contribution >= 4 is 47.0 Å². The van der Waals surface area contributed by atoms with E-state index in [1.54, 1.807) is 17.5 Å². The van der Waals surface area contributed by atoms with Crippen molar-refractivity contribution in [3.8, 4) is 5.75 Å². The summed E-state index contributed by atoms with van der Waals surface area (Å²) in [6.45, 7) is 1.28. The summed E-state index contributed by atoms with van der Waals surface area (Å²) < 4.78 is 5.47. The third-order valence-electron chi connectivity index (χ3n) is 5.98. The number of amides is 1. The lowest BCUT2D eigenvalue weighted by atomic mass is 9.64. The zero-order chi connectivity index (χ0) is 25.7. The van der Waals surface area contributed by atoms with Crippen LogP contribution in [-0.4, -0.2) is 71.3 Å². The number of nitrogens with zero attached hydrogens (tertiary/aromatic N) is 2. The molecule has 1 saturated heterocycles. The maximum atomic E-state index is 13.2. The summed E-state index contributed by atoms with van der Waals surface area (Å²) in [5.74, 6) is -2.60. The number of Topliss-reactive ketones (excluding diaryl/α,β-unsaturated/α-hetero) is 1. The van der Waals surface area contributed by atoms with Gasteiger partial charge in [-0.2, -0.15) is 0 Å². The number of fused-ring (bicyclic) bond motifs is 1. The third kappa shape index (κ3) is 6.19. The molecule has 1 atom stereocenters. The van der Waals surface area contributed by atoms with E-state index in [1.165, 1.54) is 6.07 Å². The Balaban J connectivity index is 1.44. The van der Waals surface area contributed by atoms with E-state index in [9.17, 15) is 24.5 Å². The summed E-state index contributed by atoms with van der Waals surface area (Å²) >= 11 is 1.12. The summed E-state index contributed by atoms with van der Waals surface area (Å²) in [4.78, 5) is 46.2. The molecule has 2 aromatic rings. The zero-order valence-corrected chi connectivity index (χ0v) is 20.1. The van der Waals surface area contributed by atoms with Gasteiger partial charge in [-0.3, -0.25) is 9.59 Å². The Bertz CT molecular complexity index is 1170. The van der Waals surface area contributed by atoms with Crippen LogP contribution in [0.4, 0.5) is 5.13 Å². The van der Waals surface area contributed by atoms with Crippen LogP contribution in [-0.2, 0) is 20.8 Å². The number of carbonyl (C=O) groups is 3. The molecular formula is C22H26BN5O7S. The molecular weight excluding hydrogens is 489 g/mol. The molecule has 190 valence electrons. The molecule has 14 heteroatoms. The molecule has 0 bridgehead atoms. The number of oxime groups is 1. The van der Waals surface area contributed by atoms with Crippen LogP contribution in [0.3, 0.4) is 0 Å². The number of hydrogen-bond acceptors (Lipinski definition) is 11. The summed E-state index contributed by atoms with van der Waals surface area (Å²) in [6.07, 6.45) is 1.67. The molecule has 3 heterocycles. The van der Waals surface area contributed by atoms with Crippen LogP contribution in [0.25, 0.3) is 0 Å². The number of benzene rings is 1. The van der Waals surface area contributed by atoms with E-state index < -0.39 is 24.7 Å². The lowest BCUT2D eigenvalue weighted by molar-refractivity contribution is -0.126. The molecule has 1 aromatic carbocycles. The second kappa shape index (κ2) is 11.5. The fourth-order valence-electron chi connectivity index (χ4n) is 4.19. The Morgan fingerprint density at radius 1 is 1.33 bits per heavy atom. The normalized spacial score (nSPS) is 18.2. The van der Waals surface area contributed by atoms with Gasteiger partial charge in [-0.05, 0) is 44.0 Å². The van der Waals surface area contributed by atoms with Gasteiger partial charge in [0.25, 0.3) is 5.91 Å². The van der Waals surface area contributed by atoms with Crippen molar-refractivity contribution in [3.05, 3.63) is 40.4 Å². The molecule has 2 aliphatic rings. The van der Waals surface area contributed by atoms with Gasteiger partial charge in [-0.25, -0.2) is 9.78 Å². The van der Waals surface area contributed by atoms with Crippen LogP contribution in [0.2, 0.25) is 5.82 Å². The fourth-order valence-corrected chi connectivity index (χ4v) is 4.74. The first-order valence-electron chi connectivity index (χ1n) is 11.5. The Morgan fingerprint density at radius 3 is 2.81 bits per heavy atom. The van der Waals surface area contributed by atoms with Crippen LogP contribution < -0.4 is 21.0 Å². The zero-order valence-electron chi connectivity index (χ0n) is 19.3. The van der Waals surface area contributed by atoms with Gasteiger partial charge in [0.15, 0.2) is 23.2 Å². The number of carboxylic acids is 1. The van der Waals surface area contributed by atoms with E-state index in [2.05, 4.69) is 20.8 Å². The third-order valence-corrected chi connectivity index (χ3v) is 6.66. The van der Waals surface area contributed by atoms with E-state index in [0.717, 1.165) is 37.3 Å². The van der Waals surface area contributed by atoms with Gasteiger partial charge < -0.3 is 36.0 Å². The Labute approximate surface area is 211 Å². The number of carboxylic acid groups (broad SMARTS) is 1. The molecule has 1 amide bonds. The molecule has 2 aliphatic heterocycles. The van der Waals surface area contributed by atoms with Gasteiger partial charge in [0.1, 0.15) is 11.4 Å². The molecule has 4 rings (SSSR count). The van der Waals surface area contributed by atoms with Crippen molar-refractivity contribution in [2.24, 2.45) is 5.16 Å². The molecule has 12 nitrogen and oxygen atoms in total. The maximum Gasteiger partial charge on any atom is 0.526 e. The van der Waals surface area contributed by atoms with Gasteiger partial charge in [-0.1, -0.05) is 17.3 Å². The van der Waals surface area contributed by atoms with E-state index in [4.69, 9.17) is 15.2 Å². The topological polar surface area (TPSA) is 185 Å². The number of nitrogens with one attached hydrogen (secondary N) is 2. The van der Waals surface area contributed by atoms with Crippen molar-refractivity contribution in [1.29, 1.82) is 0 Å². The van der Waals surface area contributed by atoms with E-state index >= 15 is 0 Å². The van der Waals surface area contributed by atoms with Gasteiger partial charge in [0.2, 0.25) is 0 Å². The van der Waals surface area contributed by atoms with Crippen LogP contribution in [0.15, 0.2) is 28.7 Å². The van der Waals surface area contributed by atoms with Crippen molar-refractivity contribution in [2.75, 3.05) is 25.4 Å². The van der Waals surface area contributed by atoms with E-state index in [-0.39, 0.29) is 59.2 Å². The lowest BCUT2D eigenvalue weighted by Gasteiger charge is -2.28. The van der Waals surface area contributed by atoms with Crippen molar-refractivity contribution in [1.82, 2.24) is 15.6 Å². The van der Waals surface area contributed by atoms with Crippen LogP contribution in [0.5, 0.6) is 5.75 Å². The van der Waals surface area contributed by atoms with Gasteiger partial charge in [0.05, 0.1) is 5.56 Å². The van der Waals surface area contributed by atoms with Crippen molar-refractivity contribution < 1.29 is 34.0 Å². The number of anilines is 1. The number of aromatic carboxylic acids is 1. The predicted molar refractivity (Wildman–Crippen MR) is 132 cm³/mol. The monoisotopic (exact) mass is 515 g/mol. The number of aromatic nitrogens is 1. The number of para-hydroxylation sites is 1. The number of nitrogen functional groups attached to an aromatic ring is 1. The SMILES string of the molecule is Nc1nc(/C(=N/OCC(=O)NC2CCNCC2)C(=O)C[C@H]2Cc3cccc(C(=O)O)c3OB2O)cs1. The standard InChI is InChI=1S/C22H26BN5O7S/c24-22-27-16(11-36-22)19(28-34-10-18(30)26-14-4-6-25-7-5-14)17(29)9-13-8-12-2-1-3-15(21(31)32)20(12)35-23(13)33/h1-3,11,13-14,25,33H,4-10H2,(H2,24,27)(H,26,30)(H,31,32)/b28-19-/t13-/m1/s1. The highest BCUT2D eigenvalue weighted by Crippen LogP contribution is 2.36. The molecule has 0 aliphatic carbocycles. The first-order valence-corrected chi connectivity index (χ1v) is 12.3. The minimum absolute atomic E-state index is 0.0584. The van der Waals surface area contributed by atoms with Crippen molar-refractivity contribution in [3.63, 3.8) is 0 Å². The average Bonchev–Trinajstić information content (AvgIpc) is 3.28. The molecule has 0 saturated carbocycles. The molecule has 0 radical (unpaired) electrons. The minimum Gasteiger partial charge on any atom is -0.535 e. The Morgan fingerprint density at radius 2 is 2.11 bits per heavy atom. The Kier molecular flexibility index (Phi) is 8.18. The number of thiazole rings is 1. The summed E-state index contributed by atoms with van der Waals surface area (Å²) in [7, 11) is -1.40. The van der Waals surface area contributed by atoms with Gasteiger partial charge in [-0.15, -0.1) is 11.3 Å². The quantitative estimate of drug-likeness (QED) is 0.178. The average molecular weight is 515 g/mol. The van der Waals surface area contributed by atoms with E-state index in [1.807, 2.05) is 0 Å². The number of ketones is 1. The number of carbonyl (C=O) groups excluding carboxylic acids is 2. The molecule has 1 fully saturated rings. The number of piperidine rings is 1. The number of nitrogens with two attached hydrogens (primary N) is 1. The van der Waals surface area contributed by atoms with Crippen LogP contribution in [0, 0.1) is 0 Å². The first kappa shape index (κ1) is 25.6. The largest absolute Gasteiger partial charge is 0.535 e. The molecule has 36 heavy (non-hydrogen) atoms. The Hall–Kier alpha value is -3.49. The molecule has 6 N–H and O–H groups in total. The second-order valence-corrected chi connectivity index (χ2v) is 9.46. The maximum absolute atomic E-state index is 13.2. The predicted octanol–water partition coefficient (Wildman–Crippen LogP) is 0.457. The van der Waals surface area contributed by atoms with Crippen LogP contribution >= 0.6 is 11.3 Å². The lowest BCUT2D eigenvalue weighted by Crippen LogP contribution is -2.43. The number of hydrogen-bond donors (Lipinski definition) is 5. The molecule has 0 unspecified atom stereocenters. The van der Waals surface area contributed by atoms with Gasteiger partial charge in [0, 0.05) is 23.7 Å². The highest BCUT2D eigenvalue weighted by Gasteiger charge is 2.39. The highest BCUT2D eigenvalue weighted by molar-refractivity contribution is 7.13. The summed E-state index contributed by atoms with van der Waals surface area (Å²) in [6, 6.07) is 4.71. The second-order valence-electron chi connectivity index (χ2n) is 8.57. The molecule has 0 spiro atoms. The smallest absolute Gasteiger partial charge is 0.526 e. The van der Waals surface area contributed by atoms with Crippen molar-refractivity contribution in [2.45, 2.75) is 37.5 Å². The van der Waals surface area contributed by atoms with Gasteiger partial charge >= 0.3 is 13.1 Å². The summed E-state index contributed by atoms with van der Waals surface area (Å²) in [5.41, 5.74) is 6.29.